The summed E-state index contributed by atoms with van der Waals surface area (Å²) in [5.41, 5.74) is 14.2. The Morgan fingerprint density at radius 2 is 1.91 bits per heavy atom. The monoisotopic (exact) mass is 316 g/mol. The van der Waals surface area contributed by atoms with Crippen LogP contribution in [0.1, 0.15) is 12.0 Å². The van der Waals surface area contributed by atoms with Gasteiger partial charge in [-0.3, -0.25) is 0 Å². The van der Waals surface area contributed by atoms with Crippen LogP contribution in [0.3, 0.4) is 0 Å². The molecule has 1 aliphatic heterocycles. The first-order valence-corrected chi connectivity index (χ1v) is 6.84. The van der Waals surface area contributed by atoms with Crippen molar-refractivity contribution in [3.8, 4) is 11.5 Å². The van der Waals surface area contributed by atoms with Gasteiger partial charge in [0.15, 0.2) is 0 Å². The predicted molar refractivity (Wildman–Crippen MR) is 84.5 cm³/mol. The number of halogens is 1. The molecule has 0 saturated heterocycles. The minimum atomic E-state index is 0.650. The zero-order valence-corrected chi connectivity index (χ0v) is 12.3. The van der Waals surface area contributed by atoms with Crippen molar-refractivity contribution < 1.29 is 9.57 Å². The maximum absolute atomic E-state index is 6.86. The number of nitrogens with one attached hydrogen (secondary N) is 1. The van der Waals surface area contributed by atoms with Crippen LogP contribution in [0.4, 0.5) is 0 Å². The van der Waals surface area contributed by atoms with E-state index < -0.39 is 0 Å². The van der Waals surface area contributed by atoms with Crippen LogP contribution in [-0.4, -0.2) is 12.3 Å². The van der Waals surface area contributed by atoms with Gasteiger partial charge >= 0.3 is 0 Å². The van der Waals surface area contributed by atoms with Crippen molar-refractivity contribution in [2.45, 2.75) is 6.42 Å². The van der Waals surface area contributed by atoms with Crippen LogP contribution in [0.25, 0.3) is 10.4 Å². The SMILES string of the molecule is Clc1ccc(Oc2cccc(C3=NOCC3)c2)cc1.[N-]=[N+]=N. The molecule has 0 atom stereocenters. The average Bonchev–Trinajstić information content (AvgIpc) is 3.05. The van der Waals surface area contributed by atoms with Crippen LogP contribution in [0, 0.1) is 5.53 Å². The lowest BCUT2D eigenvalue weighted by Crippen LogP contribution is -1.97. The lowest BCUT2D eigenvalue weighted by molar-refractivity contribution is 0.174. The normalized spacial score (nSPS) is 12.3. The summed E-state index contributed by atoms with van der Waals surface area (Å²) < 4.78 is 5.78. The van der Waals surface area contributed by atoms with E-state index in [1.54, 1.807) is 17.0 Å². The lowest BCUT2D eigenvalue weighted by Gasteiger charge is -2.07. The smallest absolute Gasteiger partial charge is 0.128 e. The average molecular weight is 317 g/mol. The topological polar surface area (TPSA) is 91.1 Å². The molecule has 22 heavy (non-hydrogen) atoms. The van der Waals surface area contributed by atoms with Gasteiger partial charge in [-0.05, 0) is 46.8 Å². The molecule has 0 radical (unpaired) electrons. The fraction of sp³-hybridized carbons (Fsp3) is 0.133. The van der Waals surface area contributed by atoms with E-state index >= 15 is 0 Å². The highest BCUT2D eigenvalue weighted by atomic mass is 35.5. The molecule has 1 N–H and O–H groups in total. The number of ether oxygens (including phenoxy) is 1. The van der Waals surface area contributed by atoms with Gasteiger partial charge in [-0.25, -0.2) is 0 Å². The van der Waals surface area contributed by atoms with E-state index in [1.807, 2.05) is 36.4 Å². The summed E-state index contributed by atoms with van der Waals surface area (Å²) in [4.78, 5) is 6.77. The van der Waals surface area contributed by atoms with E-state index in [9.17, 15) is 0 Å². The third kappa shape index (κ3) is 4.41. The van der Waals surface area contributed by atoms with Gasteiger partial charge in [0.25, 0.3) is 0 Å². The fourth-order valence-electron chi connectivity index (χ4n) is 1.89. The molecule has 2 aromatic carbocycles. The molecule has 0 fully saturated rings. The molecule has 0 aliphatic carbocycles. The molecule has 2 aromatic rings. The Balaban J connectivity index is 0.000000545. The van der Waals surface area contributed by atoms with E-state index in [4.69, 9.17) is 32.2 Å². The molecule has 0 aromatic heterocycles. The molecule has 112 valence electrons. The van der Waals surface area contributed by atoms with Crippen molar-refractivity contribution in [2.75, 3.05) is 6.61 Å². The number of hydrogen-bond acceptors (Lipinski definition) is 4. The molecule has 0 spiro atoms. The van der Waals surface area contributed by atoms with Gasteiger partial charge in [0.2, 0.25) is 0 Å². The van der Waals surface area contributed by atoms with Gasteiger partial charge in [-0.15, -0.1) is 5.53 Å². The highest BCUT2D eigenvalue weighted by Crippen LogP contribution is 2.24. The van der Waals surface area contributed by atoms with Gasteiger partial charge in [-0.1, -0.05) is 28.9 Å². The Labute approximate surface area is 132 Å². The quantitative estimate of drug-likeness (QED) is 0.483. The maximum Gasteiger partial charge on any atom is 0.128 e. The van der Waals surface area contributed by atoms with E-state index in [0.717, 1.165) is 29.2 Å². The van der Waals surface area contributed by atoms with Crippen molar-refractivity contribution in [1.82, 2.24) is 0 Å². The standard InChI is InChI=1S/C15H12ClNO2.HN3/c16-12-4-6-13(7-5-12)19-14-3-1-2-11(10-14)15-8-9-18-17-15;1-3-2/h1-7,10H,8-9H2;1H. The largest absolute Gasteiger partial charge is 0.457 e. The second-order valence-electron chi connectivity index (χ2n) is 4.31. The first-order chi connectivity index (χ1) is 10.7. The molecule has 0 bridgehead atoms. The first kappa shape index (κ1) is 15.7. The minimum absolute atomic E-state index is 0.650. The summed E-state index contributed by atoms with van der Waals surface area (Å²) in [6.45, 7) is 0.650. The summed E-state index contributed by atoms with van der Waals surface area (Å²) in [6.07, 6.45) is 0.838. The fourth-order valence-corrected chi connectivity index (χ4v) is 2.01. The van der Waals surface area contributed by atoms with Gasteiger partial charge in [-0.2, -0.15) is 0 Å². The van der Waals surface area contributed by atoms with Gasteiger partial charge in [0.1, 0.15) is 18.1 Å². The number of oxime groups is 1. The number of nitrogens with zero attached hydrogens (tertiary/aromatic N) is 3. The lowest BCUT2D eigenvalue weighted by atomic mass is 10.1. The Morgan fingerprint density at radius 3 is 2.55 bits per heavy atom. The predicted octanol–water partition coefficient (Wildman–Crippen LogP) is 5.13. The van der Waals surface area contributed by atoms with E-state index in [0.29, 0.717) is 11.6 Å². The van der Waals surface area contributed by atoms with E-state index in [-0.39, 0.29) is 0 Å². The van der Waals surface area contributed by atoms with Crippen molar-refractivity contribution in [3.63, 3.8) is 0 Å². The van der Waals surface area contributed by atoms with Crippen LogP contribution in [0.15, 0.2) is 53.7 Å². The molecular weight excluding hydrogens is 304 g/mol. The van der Waals surface area contributed by atoms with Crippen LogP contribution < -0.4 is 4.74 Å². The second kappa shape index (κ2) is 7.93. The summed E-state index contributed by atoms with van der Waals surface area (Å²) >= 11 is 5.84. The highest BCUT2D eigenvalue weighted by Gasteiger charge is 2.11. The minimum Gasteiger partial charge on any atom is -0.457 e. The zero-order valence-electron chi connectivity index (χ0n) is 11.6. The third-order valence-electron chi connectivity index (χ3n) is 2.82. The summed E-state index contributed by atoms with van der Waals surface area (Å²) in [6, 6.07) is 15.1. The van der Waals surface area contributed by atoms with Crippen molar-refractivity contribution in [3.05, 3.63) is 69.6 Å². The Morgan fingerprint density at radius 1 is 1.18 bits per heavy atom. The summed E-state index contributed by atoms with van der Waals surface area (Å²) in [5, 5.41) is 4.70. The van der Waals surface area contributed by atoms with Gasteiger partial charge in [0.05, 0.1) is 5.71 Å². The number of hydrogen-bond donors (Lipinski definition) is 1. The molecule has 7 heteroatoms. The molecule has 0 saturated carbocycles. The highest BCUT2D eigenvalue weighted by molar-refractivity contribution is 6.30. The summed E-state index contributed by atoms with van der Waals surface area (Å²) in [7, 11) is 0. The van der Waals surface area contributed by atoms with Crippen molar-refractivity contribution >= 4 is 17.3 Å². The molecular formula is C15H13ClN4O2. The number of benzene rings is 2. The van der Waals surface area contributed by atoms with Crippen molar-refractivity contribution in [2.24, 2.45) is 5.16 Å². The second-order valence-corrected chi connectivity index (χ2v) is 4.74. The van der Waals surface area contributed by atoms with Crippen LogP contribution in [0.2, 0.25) is 5.02 Å². The van der Waals surface area contributed by atoms with E-state index in [1.165, 1.54) is 0 Å². The summed E-state index contributed by atoms with van der Waals surface area (Å²) in [5.74, 6) is 1.53. The number of rotatable bonds is 3. The molecule has 6 nitrogen and oxygen atoms in total. The van der Waals surface area contributed by atoms with Gasteiger partial charge in [0, 0.05) is 17.0 Å². The molecule has 0 unspecified atom stereocenters. The Kier molecular flexibility index (Phi) is 5.65. The van der Waals surface area contributed by atoms with Crippen molar-refractivity contribution in [1.29, 1.82) is 5.53 Å². The maximum atomic E-state index is 6.86. The first-order valence-electron chi connectivity index (χ1n) is 6.46. The van der Waals surface area contributed by atoms with Crippen LogP contribution >= 0.6 is 11.6 Å². The Hall–Kier alpha value is -2.69. The third-order valence-corrected chi connectivity index (χ3v) is 3.07. The van der Waals surface area contributed by atoms with Crippen LogP contribution in [0.5, 0.6) is 11.5 Å². The molecule has 0 amide bonds. The molecule has 1 heterocycles. The molecule has 1 aliphatic rings. The van der Waals surface area contributed by atoms with E-state index in [2.05, 4.69) is 5.16 Å². The Bertz CT molecular complexity index is 695. The zero-order chi connectivity index (χ0) is 15.8. The van der Waals surface area contributed by atoms with Gasteiger partial charge < -0.3 is 9.57 Å². The van der Waals surface area contributed by atoms with Crippen LogP contribution in [-0.2, 0) is 4.84 Å². The molecule has 3 rings (SSSR count).